The van der Waals surface area contributed by atoms with Crippen LogP contribution in [0.1, 0.15) is 45.5 Å². The summed E-state index contributed by atoms with van der Waals surface area (Å²) in [5.74, 6) is 2.36. The van der Waals surface area contributed by atoms with E-state index in [1.54, 1.807) is 32.4 Å². The Morgan fingerprint density at radius 1 is 0.619 bits per heavy atom. The van der Waals surface area contributed by atoms with Crippen molar-refractivity contribution in [3.05, 3.63) is 100 Å². The quantitative estimate of drug-likeness (QED) is 0.190. The number of phenols is 3. The van der Waals surface area contributed by atoms with Crippen LogP contribution >= 0.6 is 0 Å². The molecule has 4 aromatic rings. The van der Waals surface area contributed by atoms with E-state index in [0.29, 0.717) is 29.4 Å². The highest BCUT2D eigenvalue weighted by molar-refractivity contribution is 5.51. The van der Waals surface area contributed by atoms with Gasteiger partial charge in [0.15, 0.2) is 34.5 Å². The van der Waals surface area contributed by atoms with Crippen molar-refractivity contribution in [3.63, 3.8) is 0 Å². The number of fused-ring (bicyclic) bond motifs is 2. The molecule has 5 N–H and O–H groups in total. The standard InChI is InChI=1S/C34H36N2O6/c1-40-32-16-22-9-11-35-27(25(22)18-30(32)38)13-20-3-6-24(7-4-20)42-34-15-21(5-8-29(34)37)14-28-26-19-31(39)33(41-2)17-23(26)10-12-36-28/h3-8,15-19,27-28,35-39H,9-14H2,1-2H3/t27-,28+/m1/s1. The van der Waals surface area contributed by atoms with Crippen molar-refractivity contribution in [1.82, 2.24) is 10.6 Å². The van der Waals surface area contributed by atoms with Crippen LogP contribution in [0.3, 0.4) is 0 Å². The highest BCUT2D eigenvalue weighted by atomic mass is 16.5. The minimum absolute atomic E-state index is 0.0174. The molecule has 42 heavy (non-hydrogen) atoms. The second-order valence-corrected chi connectivity index (χ2v) is 10.9. The zero-order valence-corrected chi connectivity index (χ0v) is 23.8. The van der Waals surface area contributed by atoms with Gasteiger partial charge in [-0.1, -0.05) is 18.2 Å². The first-order chi connectivity index (χ1) is 20.4. The number of hydrogen-bond donors (Lipinski definition) is 5. The smallest absolute Gasteiger partial charge is 0.169 e. The Kier molecular flexibility index (Phi) is 7.82. The molecule has 0 saturated carbocycles. The molecule has 8 nitrogen and oxygen atoms in total. The summed E-state index contributed by atoms with van der Waals surface area (Å²) in [4.78, 5) is 0. The van der Waals surface area contributed by atoms with Crippen LogP contribution in [-0.4, -0.2) is 42.6 Å². The Morgan fingerprint density at radius 2 is 1.14 bits per heavy atom. The van der Waals surface area contributed by atoms with Crippen molar-refractivity contribution in [2.45, 2.75) is 37.8 Å². The van der Waals surface area contributed by atoms with E-state index in [1.807, 2.05) is 48.5 Å². The van der Waals surface area contributed by atoms with E-state index in [-0.39, 0.29) is 29.3 Å². The van der Waals surface area contributed by atoms with Gasteiger partial charge in [-0.15, -0.1) is 0 Å². The number of aromatic hydroxyl groups is 3. The van der Waals surface area contributed by atoms with Gasteiger partial charge in [0.1, 0.15) is 5.75 Å². The van der Waals surface area contributed by atoms with Gasteiger partial charge in [-0.05, 0) is 121 Å². The lowest BCUT2D eigenvalue weighted by Crippen LogP contribution is -2.31. The second kappa shape index (κ2) is 11.8. The molecule has 8 heteroatoms. The van der Waals surface area contributed by atoms with Gasteiger partial charge in [-0.2, -0.15) is 0 Å². The molecule has 6 rings (SSSR count). The maximum absolute atomic E-state index is 10.6. The molecule has 0 unspecified atom stereocenters. The minimum Gasteiger partial charge on any atom is -0.504 e. The molecular weight excluding hydrogens is 532 g/mol. The molecule has 0 saturated heterocycles. The lowest BCUT2D eigenvalue weighted by Gasteiger charge is -2.28. The first kappa shape index (κ1) is 27.8. The van der Waals surface area contributed by atoms with Crippen LogP contribution in [-0.2, 0) is 25.7 Å². The average molecular weight is 569 g/mol. The van der Waals surface area contributed by atoms with Crippen molar-refractivity contribution in [2.75, 3.05) is 27.3 Å². The van der Waals surface area contributed by atoms with Gasteiger partial charge in [0.2, 0.25) is 0 Å². The highest BCUT2D eigenvalue weighted by Gasteiger charge is 2.24. The number of phenolic OH excluding ortho intramolecular Hbond substituents is 3. The molecule has 218 valence electrons. The Balaban J connectivity index is 1.15. The Hall–Kier alpha value is -4.40. The van der Waals surface area contributed by atoms with Crippen LogP contribution < -0.4 is 24.8 Å². The van der Waals surface area contributed by atoms with Crippen LogP contribution in [0.4, 0.5) is 0 Å². The third-order valence-electron chi connectivity index (χ3n) is 8.26. The largest absolute Gasteiger partial charge is 0.504 e. The number of nitrogens with one attached hydrogen (secondary N) is 2. The number of ether oxygens (including phenoxy) is 3. The average Bonchev–Trinajstić information content (AvgIpc) is 3.00. The van der Waals surface area contributed by atoms with Crippen LogP contribution in [0.25, 0.3) is 0 Å². The van der Waals surface area contributed by atoms with Crippen LogP contribution in [0.2, 0.25) is 0 Å². The predicted molar refractivity (Wildman–Crippen MR) is 160 cm³/mol. The summed E-state index contributed by atoms with van der Waals surface area (Å²) in [5.41, 5.74) is 6.62. The molecule has 0 spiro atoms. The third-order valence-corrected chi connectivity index (χ3v) is 8.26. The molecule has 2 aliphatic heterocycles. The van der Waals surface area contributed by atoms with E-state index < -0.39 is 0 Å². The van der Waals surface area contributed by atoms with Crippen molar-refractivity contribution < 1.29 is 29.5 Å². The monoisotopic (exact) mass is 568 g/mol. The van der Waals surface area contributed by atoms with Crippen molar-refractivity contribution >= 4 is 0 Å². The van der Waals surface area contributed by atoms with Gasteiger partial charge in [-0.25, -0.2) is 0 Å². The fourth-order valence-corrected chi connectivity index (χ4v) is 6.07. The second-order valence-electron chi connectivity index (χ2n) is 10.9. The number of methoxy groups -OCH3 is 2. The van der Waals surface area contributed by atoms with E-state index in [0.717, 1.165) is 60.2 Å². The van der Waals surface area contributed by atoms with E-state index >= 15 is 0 Å². The molecule has 0 aliphatic carbocycles. The number of rotatable bonds is 8. The van der Waals surface area contributed by atoms with Crippen molar-refractivity contribution in [1.29, 1.82) is 0 Å². The predicted octanol–water partition coefficient (Wildman–Crippen LogP) is 5.47. The van der Waals surface area contributed by atoms with Gasteiger partial charge >= 0.3 is 0 Å². The van der Waals surface area contributed by atoms with E-state index in [2.05, 4.69) is 10.6 Å². The Labute approximate surface area is 245 Å². The number of benzene rings is 4. The molecule has 0 radical (unpaired) electrons. The van der Waals surface area contributed by atoms with E-state index in [4.69, 9.17) is 14.2 Å². The van der Waals surface area contributed by atoms with E-state index in [9.17, 15) is 15.3 Å². The lowest BCUT2D eigenvalue weighted by atomic mass is 9.89. The maximum atomic E-state index is 10.6. The molecule has 0 fully saturated rings. The molecular formula is C34H36N2O6. The molecule has 0 aromatic heterocycles. The fraction of sp³-hybridized carbons (Fsp3) is 0.294. The summed E-state index contributed by atoms with van der Waals surface area (Å²) in [6, 6.07) is 20.8. The highest BCUT2D eigenvalue weighted by Crippen LogP contribution is 2.38. The van der Waals surface area contributed by atoms with Crippen molar-refractivity contribution in [3.8, 4) is 40.2 Å². The molecule has 4 aromatic carbocycles. The Bertz CT molecular complexity index is 1590. The summed E-state index contributed by atoms with van der Waals surface area (Å²) in [6.07, 6.45) is 3.18. The number of hydrogen-bond acceptors (Lipinski definition) is 8. The van der Waals surface area contributed by atoms with Gasteiger partial charge in [-0.3, -0.25) is 0 Å². The lowest BCUT2D eigenvalue weighted by molar-refractivity contribution is 0.370. The van der Waals surface area contributed by atoms with Crippen molar-refractivity contribution in [2.24, 2.45) is 0 Å². The summed E-state index contributed by atoms with van der Waals surface area (Å²) >= 11 is 0. The summed E-state index contributed by atoms with van der Waals surface area (Å²) in [5, 5.41) is 38.3. The molecule has 0 amide bonds. The minimum atomic E-state index is 0.0174. The summed E-state index contributed by atoms with van der Waals surface area (Å²) < 4.78 is 16.7. The third kappa shape index (κ3) is 5.68. The first-order valence-corrected chi connectivity index (χ1v) is 14.3. The maximum Gasteiger partial charge on any atom is 0.169 e. The van der Waals surface area contributed by atoms with Crippen LogP contribution in [0.5, 0.6) is 40.2 Å². The SMILES string of the molecule is COc1cc2c(cc1O)[C@H](Cc1ccc(O)c(Oc3ccc(C[C@H]4NCCc5cc(OC)c(O)cc54)cc3)c1)NCC2. The molecule has 2 aliphatic rings. The molecule has 0 bridgehead atoms. The normalized spacial score (nSPS) is 17.7. The van der Waals surface area contributed by atoms with Gasteiger partial charge < -0.3 is 40.2 Å². The Morgan fingerprint density at radius 3 is 1.69 bits per heavy atom. The van der Waals surface area contributed by atoms with Crippen LogP contribution in [0.15, 0.2) is 66.7 Å². The first-order valence-electron chi connectivity index (χ1n) is 14.3. The molecule has 2 heterocycles. The van der Waals surface area contributed by atoms with E-state index in [1.165, 1.54) is 5.56 Å². The van der Waals surface area contributed by atoms with Gasteiger partial charge in [0.25, 0.3) is 0 Å². The summed E-state index contributed by atoms with van der Waals surface area (Å²) in [6.45, 7) is 1.69. The zero-order chi connectivity index (χ0) is 29.2. The van der Waals surface area contributed by atoms with Gasteiger partial charge in [0, 0.05) is 12.1 Å². The zero-order valence-electron chi connectivity index (χ0n) is 23.8. The fourth-order valence-electron chi connectivity index (χ4n) is 6.07. The van der Waals surface area contributed by atoms with Gasteiger partial charge in [0.05, 0.1) is 14.2 Å². The summed E-state index contributed by atoms with van der Waals surface area (Å²) in [7, 11) is 3.12. The van der Waals surface area contributed by atoms with Crippen LogP contribution in [0, 0.1) is 0 Å². The topological polar surface area (TPSA) is 112 Å². The molecule has 2 atom stereocenters.